The fourth-order valence-electron chi connectivity index (χ4n) is 8.05. The summed E-state index contributed by atoms with van der Waals surface area (Å²) in [7, 11) is 0. The molecule has 0 spiro atoms. The lowest BCUT2D eigenvalue weighted by atomic mass is 9.86. The fraction of sp³-hybridized carbons (Fsp3) is 0.333. The minimum atomic E-state index is 0.0631. The lowest BCUT2D eigenvalue weighted by molar-refractivity contribution is 0.590. The maximum Gasteiger partial charge on any atom is 0.0616 e. The van der Waals surface area contributed by atoms with E-state index in [0.29, 0.717) is 0 Å². The van der Waals surface area contributed by atoms with Gasteiger partial charge in [-0.3, -0.25) is 0 Å². The van der Waals surface area contributed by atoms with Gasteiger partial charge in [-0.15, -0.1) is 0 Å². The lowest BCUT2D eigenvalue weighted by Crippen LogP contribution is -2.36. The molecule has 2 heteroatoms. The summed E-state index contributed by atoms with van der Waals surface area (Å²) in [5.74, 6) is 0. The highest BCUT2D eigenvalue weighted by Crippen LogP contribution is 2.44. The zero-order chi connectivity index (χ0) is 40.2. The molecule has 0 N–H and O–H groups in total. The van der Waals surface area contributed by atoms with Gasteiger partial charge in [0.25, 0.3) is 0 Å². The highest BCUT2D eigenvalue weighted by atomic mass is 15.2. The van der Waals surface area contributed by atoms with Gasteiger partial charge in [0.2, 0.25) is 0 Å². The zero-order valence-corrected chi connectivity index (χ0v) is 36.0. The van der Waals surface area contributed by atoms with Crippen LogP contribution in [0.4, 0.5) is 34.1 Å². The standard InChI is InChI=1S/C54H62N2/c1-51(2,3)37-21-29-41(30-22-37)55(42-31-23-38(24-32-42)52(4,5)6)49-45-17-13-15-19-47(45)50(48-20-16-14-18-46(48)49)56(43-33-25-39(26-34-43)53(7,8)9)44-35-27-40(28-36-44)54(10,11)12/h13,15,17-36H,14,16H2,1-12H3. The predicted molar refractivity (Wildman–Crippen MR) is 246 cm³/mol. The molecule has 0 bridgehead atoms. The van der Waals surface area contributed by atoms with Crippen molar-refractivity contribution in [1.82, 2.24) is 0 Å². The van der Waals surface area contributed by atoms with Gasteiger partial charge in [0.15, 0.2) is 0 Å². The number of hydrogen-bond donors (Lipinski definition) is 0. The molecule has 6 aromatic carbocycles. The molecular formula is C54H62N2. The van der Waals surface area contributed by atoms with Gasteiger partial charge in [-0.1, -0.05) is 168 Å². The molecule has 0 aliphatic heterocycles. The number of hydrogen-bond acceptors (Lipinski definition) is 2. The van der Waals surface area contributed by atoms with E-state index in [0.717, 1.165) is 35.6 Å². The van der Waals surface area contributed by atoms with Crippen LogP contribution in [0.1, 0.15) is 118 Å². The van der Waals surface area contributed by atoms with Crippen molar-refractivity contribution in [2.45, 2.75) is 118 Å². The highest BCUT2D eigenvalue weighted by molar-refractivity contribution is 6.08. The average Bonchev–Trinajstić information content (AvgIpc) is 3.15. The van der Waals surface area contributed by atoms with Crippen LogP contribution < -0.4 is 20.2 Å². The Kier molecular flexibility index (Phi) is 10.1. The molecule has 2 nitrogen and oxygen atoms in total. The minimum Gasteiger partial charge on any atom is -0.309 e. The molecule has 0 saturated carbocycles. The van der Waals surface area contributed by atoms with E-state index in [9.17, 15) is 0 Å². The van der Waals surface area contributed by atoms with Crippen molar-refractivity contribution in [1.29, 1.82) is 0 Å². The molecule has 6 aromatic rings. The SMILES string of the molecule is CC(C)(C)c1ccc(N(c2ccc(C(C)(C)C)cc2)c2c3c(c(N(c4ccc(C(C)(C)C)cc4)c4ccc(C(C)(C)C)cc4)c4ccccc24)=CCCC=3)cc1. The van der Waals surface area contributed by atoms with Gasteiger partial charge in [-0.25, -0.2) is 0 Å². The van der Waals surface area contributed by atoms with Gasteiger partial charge < -0.3 is 9.80 Å². The summed E-state index contributed by atoms with van der Waals surface area (Å²) in [6, 6.07) is 46.2. The smallest absolute Gasteiger partial charge is 0.0616 e. The third-order valence-electron chi connectivity index (χ3n) is 11.5. The van der Waals surface area contributed by atoms with E-state index in [4.69, 9.17) is 0 Å². The van der Waals surface area contributed by atoms with Crippen molar-refractivity contribution >= 4 is 57.0 Å². The van der Waals surface area contributed by atoms with Crippen molar-refractivity contribution < 1.29 is 0 Å². The van der Waals surface area contributed by atoms with E-state index < -0.39 is 0 Å². The summed E-state index contributed by atoms with van der Waals surface area (Å²) in [5.41, 5.74) is 12.7. The molecular weight excluding hydrogens is 677 g/mol. The molecule has 0 amide bonds. The summed E-state index contributed by atoms with van der Waals surface area (Å²) >= 11 is 0. The third kappa shape index (κ3) is 7.68. The number of nitrogens with zero attached hydrogens (tertiary/aromatic N) is 2. The first-order valence-electron chi connectivity index (χ1n) is 20.6. The van der Waals surface area contributed by atoms with Crippen LogP contribution in [0.2, 0.25) is 0 Å². The van der Waals surface area contributed by atoms with E-state index in [-0.39, 0.29) is 21.7 Å². The number of anilines is 6. The second-order valence-corrected chi connectivity index (χ2v) is 19.9. The first-order chi connectivity index (χ1) is 26.3. The molecule has 0 fully saturated rings. The van der Waals surface area contributed by atoms with Gasteiger partial charge in [0, 0.05) is 44.0 Å². The topological polar surface area (TPSA) is 6.48 Å². The molecule has 0 unspecified atom stereocenters. The van der Waals surface area contributed by atoms with E-state index in [1.807, 2.05) is 0 Å². The summed E-state index contributed by atoms with van der Waals surface area (Å²) in [5, 5.41) is 5.03. The molecule has 0 atom stereocenters. The molecule has 0 heterocycles. The Morgan fingerprint density at radius 1 is 0.321 bits per heavy atom. The zero-order valence-electron chi connectivity index (χ0n) is 36.0. The van der Waals surface area contributed by atoms with Crippen molar-refractivity contribution in [2.24, 2.45) is 0 Å². The molecule has 7 rings (SSSR count). The van der Waals surface area contributed by atoms with Crippen LogP contribution >= 0.6 is 0 Å². The summed E-state index contributed by atoms with van der Waals surface area (Å²) in [6.45, 7) is 27.5. The van der Waals surface area contributed by atoms with Crippen LogP contribution in [0.3, 0.4) is 0 Å². The Labute approximate surface area is 337 Å². The Bertz CT molecular complexity index is 2160. The van der Waals surface area contributed by atoms with E-state index in [1.165, 1.54) is 54.8 Å². The molecule has 0 aromatic heterocycles. The Morgan fingerprint density at radius 3 is 0.768 bits per heavy atom. The fourth-order valence-corrected chi connectivity index (χ4v) is 8.05. The van der Waals surface area contributed by atoms with Crippen molar-refractivity contribution in [3.8, 4) is 0 Å². The number of benzene rings is 6. The maximum absolute atomic E-state index is 2.51. The van der Waals surface area contributed by atoms with Crippen LogP contribution in [-0.4, -0.2) is 0 Å². The quantitative estimate of drug-likeness (QED) is 0.157. The molecule has 0 radical (unpaired) electrons. The van der Waals surface area contributed by atoms with Crippen molar-refractivity contribution in [2.75, 3.05) is 9.80 Å². The number of rotatable bonds is 6. The Morgan fingerprint density at radius 2 is 0.554 bits per heavy atom. The van der Waals surface area contributed by atoms with Gasteiger partial charge in [-0.2, -0.15) is 0 Å². The monoisotopic (exact) mass is 738 g/mol. The van der Waals surface area contributed by atoms with E-state index in [2.05, 4.69) is 226 Å². The van der Waals surface area contributed by atoms with Gasteiger partial charge >= 0.3 is 0 Å². The predicted octanol–water partition coefficient (Wildman–Crippen LogP) is 14.3. The van der Waals surface area contributed by atoms with Crippen molar-refractivity contribution in [3.63, 3.8) is 0 Å². The normalized spacial score (nSPS) is 13.5. The molecule has 1 aliphatic carbocycles. The molecule has 56 heavy (non-hydrogen) atoms. The minimum absolute atomic E-state index is 0.0631. The maximum atomic E-state index is 2.51. The second kappa shape index (κ2) is 14.5. The Balaban J connectivity index is 1.55. The highest BCUT2D eigenvalue weighted by Gasteiger charge is 2.27. The summed E-state index contributed by atoms with van der Waals surface area (Å²) < 4.78 is 0. The Hall–Kier alpha value is -5.08. The molecule has 1 aliphatic rings. The molecule has 288 valence electrons. The van der Waals surface area contributed by atoms with Gasteiger partial charge in [0.1, 0.15) is 0 Å². The molecule has 0 saturated heterocycles. The van der Waals surface area contributed by atoms with Crippen LogP contribution in [-0.2, 0) is 21.7 Å². The van der Waals surface area contributed by atoms with Crippen molar-refractivity contribution in [3.05, 3.63) is 154 Å². The first kappa shape index (κ1) is 39.2. The van der Waals surface area contributed by atoms with E-state index >= 15 is 0 Å². The largest absolute Gasteiger partial charge is 0.309 e. The number of fused-ring (bicyclic) bond motifs is 2. The van der Waals surface area contributed by atoms with Crippen LogP contribution in [0, 0.1) is 0 Å². The lowest BCUT2D eigenvalue weighted by Gasteiger charge is -2.33. The van der Waals surface area contributed by atoms with E-state index in [1.54, 1.807) is 0 Å². The second-order valence-electron chi connectivity index (χ2n) is 19.9. The third-order valence-corrected chi connectivity index (χ3v) is 11.5. The van der Waals surface area contributed by atoms with Gasteiger partial charge in [-0.05, 0) is 105 Å². The van der Waals surface area contributed by atoms with Gasteiger partial charge in [0.05, 0.1) is 11.4 Å². The average molecular weight is 739 g/mol. The van der Waals surface area contributed by atoms with Crippen LogP contribution in [0.25, 0.3) is 22.9 Å². The summed E-state index contributed by atoms with van der Waals surface area (Å²) in [4.78, 5) is 5.03. The van der Waals surface area contributed by atoms with Crippen LogP contribution in [0.15, 0.2) is 121 Å². The van der Waals surface area contributed by atoms with Crippen LogP contribution in [0.5, 0.6) is 0 Å². The first-order valence-corrected chi connectivity index (χ1v) is 20.6. The summed E-state index contributed by atoms with van der Waals surface area (Å²) in [6.07, 6.45) is 6.98.